The highest BCUT2D eigenvalue weighted by atomic mass is 16.5. The lowest BCUT2D eigenvalue weighted by Gasteiger charge is -2.23. The highest BCUT2D eigenvalue weighted by Gasteiger charge is 2.22. The summed E-state index contributed by atoms with van der Waals surface area (Å²) in [7, 11) is 0. The quantitative estimate of drug-likeness (QED) is 0.0687. The monoisotopic (exact) mass is 649 g/mol. The molecule has 1 nitrogen and oxygen atoms in total. The molecule has 3 aromatic rings. The number of hydrogen-bond acceptors (Lipinski definition) is 1. The highest BCUT2D eigenvalue weighted by Crippen LogP contribution is 2.38. The van der Waals surface area contributed by atoms with Crippen molar-refractivity contribution in [2.24, 2.45) is 0 Å². The molecule has 0 unspecified atom stereocenters. The van der Waals surface area contributed by atoms with Gasteiger partial charge in [0.25, 0.3) is 0 Å². The van der Waals surface area contributed by atoms with E-state index in [1.807, 2.05) is 0 Å². The molecule has 1 aliphatic rings. The average molecular weight is 649 g/mol. The zero-order valence-electron chi connectivity index (χ0n) is 31.4. The maximum Gasteiger partial charge on any atom is 0.135 e. The van der Waals surface area contributed by atoms with Gasteiger partial charge in [0.05, 0.1) is 0 Å². The summed E-state index contributed by atoms with van der Waals surface area (Å²) < 4.78 is 6.79. The summed E-state index contributed by atoms with van der Waals surface area (Å²) in [6, 6.07) is 20.4. The fraction of sp³-hybridized carbons (Fsp3) is 0.574. The first-order chi connectivity index (χ1) is 23.6. The van der Waals surface area contributed by atoms with Gasteiger partial charge in [-0.25, -0.2) is 0 Å². The first-order valence-electron chi connectivity index (χ1n) is 20.3. The zero-order chi connectivity index (χ0) is 33.8. The number of fused-ring (bicyclic) bond motifs is 2. The number of rotatable bonds is 24. The van der Waals surface area contributed by atoms with Gasteiger partial charge in [-0.2, -0.15) is 0 Å². The number of unbranched alkanes of at least 4 members (excludes halogenated alkanes) is 20. The minimum absolute atomic E-state index is 1.01. The van der Waals surface area contributed by atoms with Crippen molar-refractivity contribution in [1.29, 1.82) is 0 Å². The molecule has 0 fully saturated rings. The molecule has 0 aromatic heterocycles. The van der Waals surface area contributed by atoms with Crippen LogP contribution in [0.1, 0.15) is 183 Å². The SMILES string of the molecule is CCCCCCCCCCCC/C=c1/cc2c(cc1C)=C(c1ccccc1)c1cc(C)c(CCCCCCCCCCCCC)cc1O2. The predicted octanol–water partition coefficient (Wildman–Crippen LogP) is 13.6. The molecule has 3 aromatic carbocycles. The summed E-state index contributed by atoms with van der Waals surface area (Å²) in [5, 5.41) is 2.55. The average Bonchev–Trinajstić information content (AvgIpc) is 3.09. The molecule has 0 N–H and O–H groups in total. The molecule has 0 saturated carbocycles. The third-order valence-electron chi connectivity index (χ3n) is 10.6. The van der Waals surface area contributed by atoms with Crippen molar-refractivity contribution in [3.05, 3.63) is 92.9 Å². The van der Waals surface area contributed by atoms with Gasteiger partial charge in [-0.3, -0.25) is 0 Å². The summed E-state index contributed by atoms with van der Waals surface area (Å²) >= 11 is 0. The molecule has 0 amide bonds. The predicted molar refractivity (Wildman–Crippen MR) is 211 cm³/mol. The smallest absolute Gasteiger partial charge is 0.135 e. The summed E-state index contributed by atoms with van der Waals surface area (Å²) in [6.07, 6.45) is 33.8. The van der Waals surface area contributed by atoms with Crippen LogP contribution in [0.4, 0.5) is 0 Å². The molecule has 0 spiro atoms. The van der Waals surface area contributed by atoms with Crippen molar-refractivity contribution >= 4 is 11.6 Å². The topological polar surface area (TPSA) is 9.23 Å². The highest BCUT2D eigenvalue weighted by molar-refractivity contribution is 5.85. The lowest BCUT2D eigenvalue weighted by Crippen LogP contribution is -2.22. The van der Waals surface area contributed by atoms with Gasteiger partial charge in [0.2, 0.25) is 0 Å². The molecule has 1 aliphatic heterocycles. The van der Waals surface area contributed by atoms with Gasteiger partial charge in [0.1, 0.15) is 11.5 Å². The van der Waals surface area contributed by atoms with Crippen LogP contribution in [0.25, 0.3) is 11.6 Å². The van der Waals surface area contributed by atoms with Crippen molar-refractivity contribution in [2.45, 2.75) is 175 Å². The Hall–Kier alpha value is -2.80. The fourth-order valence-corrected chi connectivity index (χ4v) is 7.53. The minimum Gasteiger partial charge on any atom is -0.456 e. The third-order valence-corrected chi connectivity index (χ3v) is 10.6. The van der Waals surface area contributed by atoms with Gasteiger partial charge in [-0.15, -0.1) is 0 Å². The lowest BCUT2D eigenvalue weighted by atomic mass is 9.89. The Balaban J connectivity index is 1.38. The second-order valence-corrected chi connectivity index (χ2v) is 14.8. The molecule has 1 heteroatoms. The van der Waals surface area contributed by atoms with E-state index in [0.29, 0.717) is 0 Å². The fourth-order valence-electron chi connectivity index (χ4n) is 7.53. The van der Waals surface area contributed by atoms with Crippen molar-refractivity contribution in [1.82, 2.24) is 0 Å². The number of benzene rings is 3. The van der Waals surface area contributed by atoms with Crippen LogP contribution in [0.2, 0.25) is 0 Å². The van der Waals surface area contributed by atoms with Crippen LogP contribution in [0, 0.1) is 13.8 Å². The van der Waals surface area contributed by atoms with Crippen molar-refractivity contribution in [3.8, 4) is 11.5 Å². The Morgan fingerprint density at radius 2 is 1.06 bits per heavy atom. The molecular weight excluding hydrogens is 581 g/mol. The van der Waals surface area contributed by atoms with E-state index >= 15 is 0 Å². The van der Waals surface area contributed by atoms with Gasteiger partial charge >= 0.3 is 0 Å². The van der Waals surface area contributed by atoms with Crippen LogP contribution < -0.4 is 15.2 Å². The normalized spacial score (nSPS) is 12.7. The van der Waals surface area contributed by atoms with E-state index in [4.69, 9.17) is 4.74 Å². The molecule has 0 radical (unpaired) electrons. The number of hydrogen-bond donors (Lipinski definition) is 0. The summed E-state index contributed by atoms with van der Waals surface area (Å²) in [5.41, 5.74) is 7.98. The van der Waals surface area contributed by atoms with Crippen molar-refractivity contribution < 1.29 is 4.74 Å². The van der Waals surface area contributed by atoms with E-state index in [1.165, 1.54) is 179 Å². The third kappa shape index (κ3) is 12.3. The molecule has 0 aliphatic carbocycles. The summed E-state index contributed by atoms with van der Waals surface area (Å²) in [4.78, 5) is 0. The van der Waals surface area contributed by atoms with E-state index in [-0.39, 0.29) is 0 Å². The van der Waals surface area contributed by atoms with Crippen LogP contribution in [-0.4, -0.2) is 0 Å². The van der Waals surface area contributed by atoms with Gasteiger partial charge < -0.3 is 4.74 Å². The van der Waals surface area contributed by atoms with Crippen LogP contribution >= 0.6 is 0 Å². The second-order valence-electron chi connectivity index (χ2n) is 14.8. The second kappa shape index (κ2) is 22.0. The molecule has 4 rings (SSSR count). The van der Waals surface area contributed by atoms with Crippen molar-refractivity contribution in [3.63, 3.8) is 0 Å². The molecule has 262 valence electrons. The van der Waals surface area contributed by atoms with Crippen LogP contribution in [0.15, 0.2) is 54.6 Å². The van der Waals surface area contributed by atoms with Crippen molar-refractivity contribution in [2.75, 3.05) is 0 Å². The summed E-state index contributed by atoms with van der Waals surface area (Å²) in [5.74, 6) is 2.03. The molecular formula is C47H68O. The Bertz CT molecular complexity index is 1460. The Kier molecular flexibility index (Phi) is 17.4. The number of ether oxygens (including phenoxy) is 1. The van der Waals surface area contributed by atoms with Gasteiger partial charge in [-0.05, 0) is 91.3 Å². The van der Waals surface area contributed by atoms with Crippen LogP contribution in [0.5, 0.6) is 11.5 Å². The molecule has 0 atom stereocenters. The number of aryl methyl sites for hydroxylation is 3. The Labute approximate surface area is 295 Å². The van der Waals surface area contributed by atoms with E-state index in [9.17, 15) is 0 Å². The molecule has 1 heterocycles. The lowest BCUT2D eigenvalue weighted by molar-refractivity contribution is 0.470. The van der Waals surface area contributed by atoms with E-state index in [0.717, 1.165) is 24.3 Å². The van der Waals surface area contributed by atoms with Crippen LogP contribution in [-0.2, 0) is 6.42 Å². The molecule has 0 bridgehead atoms. The zero-order valence-corrected chi connectivity index (χ0v) is 31.4. The summed E-state index contributed by atoms with van der Waals surface area (Å²) in [6.45, 7) is 9.16. The standard InChI is InChI=1S/C47H68O/c1-5-7-9-11-13-15-17-19-21-23-26-32-41-36-45-43(34-38(41)3)47(40-30-28-25-29-31-40)44-35-39(4)42(37-46(44)48-45)33-27-24-22-20-18-16-14-12-10-8-6-2/h25,28-32,34-37H,5-24,26-27,33H2,1-4H3/b41-32-. The first-order valence-corrected chi connectivity index (χ1v) is 20.3. The van der Waals surface area contributed by atoms with E-state index in [1.54, 1.807) is 0 Å². The van der Waals surface area contributed by atoms with E-state index < -0.39 is 0 Å². The van der Waals surface area contributed by atoms with Crippen LogP contribution in [0.3, 0.4) is 0 Å². The maximum absolute atomic E-state index is 6.79. The minimum atomic E-state index is 1.01. The van der Waals surface area contributed by atoms with Gasteiger partial charge in [0.15, 0.2) is 0 Å². The molecule has 48 heavy (non-hydrogen) atoms. The Morgan fingerprint density at radius 1 is 0.521 bits per heavy atom. The van der Waals surface area contributed by atoms with E-state index in [2.05, 4.69) is 88.4 Å². The molecule has 0 saturated heterocycles. The van der Waals surface area contributed by atoms with Gasteiger partial charge in [-0.1, -0.05) is 172 Å². The van der Waals surface area contributed by atoms with Gasteiger partial charge in [0, 0.05) is 16.4 Å². The Morgan fingerprint density at radius 3 is 1.65 bits per heavy atom. The largest absolute Gasteiger partial charge is 0.456 e. The first kappa shape index (κ1) is 38.0. The maximum atomic E-state index is 6.79.